The minimum absolute atomic E-state index is 0.0124. The Labute approximate surface area is 134 Å². The molecular formula is C16H22F3N3O. The van der Waals surface area contributed by atoms with Gasteiger partial charge in [-0.25, -0.2) is 0 Å². The van der Waals surface area contributed by atoms with E-state index < -0.39 is 11.7 Å². The van der Waals surface area contributed by atoms with Gasteiger partial charge >= 0.3 is 6.18 Å². The van der Waals surface area contributed by atoms with Crippen molar-refractivity contribution in [2.24, 2.45) is 0 Å². The molecule has 23 heavy (non-hydrogen) atoms. The van der Waals surface area contributed by atoms with Crippen LogP contribution in [0.3, 0.4) is 0 Å². The number of fused-ring (bicyclic) bond motifs is 1. The zero-order chi connectivity index (χ0) is 17.2. The zero-order valence-corrected chi connectivity index (χ0v) is 13.7. The van der Waals surface area contributed by atoms with E-state index in [-0.39, 0.29) is 11.9 Å². The van der Waals surface area contributed by atoms with E-state index in [4.69, 9.17) is 0 Å². The molecular weight excluding hydrogens is 307 g/mol. The number of rotatable bonds is 4. The number of carbonyl (C=O) groups excluding carboxylic acids is 1. The van der Waals surface area contributed by atoms with Crippen LogP contribution < -0.4 is 0 Å². The van der Waals surface area contributed by atoms with Gasteiger partial charge in [-0.05, 0) is 32.4 Å². The molecule has 4 nitrogen and oxygen atoms in total. The molecule has 0 radical (unpaired) electrons. The SMILES string of the molecule is CCN(CC)C(=O)[C@H](C)N1CCc2ncc(C(F)(F)F)cc2C1. The standard InChI is InChI=1S/C16H22F3N3O/c1-4-21(5-2)15(23)11(3)22-7-6-14-12(10-22)8-13(9-20-14)16(17,18)19/h8-9,11H,4-7,10H2,1-3H3/t11-/m0/s1. The molecule has 1 aliphatic heterocycles. The lowest BCUT2D eigenvalue weighted by molar-refractivity contribution is -0.138. The van der Waals surface area contributed by atoms with Gasteiger partial charge in [-0.3, -0.25) is 14.7 Å². The van der Waals surface area contributed by atoms with E-state index in [2.05, 4.69) is 4.98 Å². The lowest BCUT2D eigenvalue weighted by atomic mass is 10.0. The summed E-state index contributed by atoms with van der Waals surface area (Å²) < 4.78 is 38.5. The highest BCUT2D eigenvalue weighted by Gasteiger charge is 2.33. The van der Waals surface area contributed by atoms with Gasteiger partial charge in [0.2, 0.25) is 5.91 Å². The van der Waals surface area contributed by atoms with Gasteiger partial charge < -0.3 is 4.90 Å². The maximum atomic E-state index is 12.8. The summed E-state index contributed by atoms with van der Waals surface area (Å²) >= 11 is 0. The van der Waals surface area contributed by atoms with Gasteiger partial charge in [0.05, 0.1) is 11.6 Å². The highest BCUT2D eigenvalue weighted by molar-refractivity contribution is 5.81. The number of likely N-dealkylation sites (N-methyl/N-ethyl adjacent to an activating group) is 1. The minimum Gasteiger partial charge on any atom is -0.342 e. The molecule has 0 N–H and O–H groups in total. The van der Waals surface area contributed by atoms with E-state index in [0.29, 0.717) is 43.9 Å². The molecule has 2 rings (SSSR count). The van der Waals surface area contributed by atoms with Gasteiger partial charge in [-0.2, -0.15) is 13.2 Å². The summed E-state index contributed by atoms with van der Waals surface area (Å²) in [6, 6.07) is 0.806. The molecule has 0 bridgehead atoms. The maximum Gasteiger partial charge on any atom is 0.417 e. The molecule has 1 aromatic rings. The predicted octanol–water partition coefficient (Wildman–Crippen LogP) is 2.72. The van der Waals surface area contributed by atoms with E-state index in [1.165, 1.54) is 0 Å². The summed E-state index contributed by atoms with van der Waals surface area (Å²) in [6.45, 7) is 7.85. The van der Waals surface area contributed by atoms with E-state index >= 15 is 0 Å². The first-order chi connectivity index (χ1) is 10.8. The summed E-state index contributed by atoms with van der Waals surface area (Å²) in [7, 11) is 0. The number of carbonyl (C=O) groups is 1. The molecule has 7 heteroatoms. The van der Waals surface area contributed by atoms with Gasteiger partial charge in [0, 0.05) is 44.5 Å². The van der Waals surface area contributed by atoms with E-state index in [1.807, 2.05) is 25.7 Å². The number of amides is 1. The Morgan fingerprint density at radius 2 is 2.04 bits per heavy atom. The molecule has 0 aliphatic carbocycles. The zero-order valence-electron chi connectivity index (χ0n) is 13.7. The molecule has 1 aromatic heterocycles. The largest absolute Gasteiger partial charge is 0.417 e. The normalized spacial score (nSPS) is 16.8. The Balaban J connectivity index is 2.17. The third-order valence-corrected chi connectivity index (χ3v) is 4.38. The van der Waals surface area contributed by atoms with Crippen molar-refractivity contribution in [1.82, 2.24) is 14.8 Å². The van der Waals surface area contributed by atoms with Crippen molar-refractivity contribution in [3.63, 3.8) is 0 Å². The molecule has 0 saturated heterocycles. The second-order valence-electron chi connectivity index (χ2n) is 5.73. The molecule has 1 aliphatic rings. The molecule has 0 unspecified atom stereocenters. The Morgan fingerprint density at radius 3 is 2.61 bits per heavy atom. The van der Waals surface area contributed by atoms with Crippen LogP contribution in [0.4, 0.5) is 13.2 Å². The van der Waals surface area contributed by atoms with Crippen molar-refractivity contribution in [2.75, 3.05) is 19.6 Å². The second kappa shape index (κ2) is 6.86. The number of aromatic nitrogens is 1. The number of hydrogen-bond donors (Lipinski definition) is 0. The van der Waals surface area contributed by atoms with Gasteiger partial charge in [-0.1, -0.05) is 0 Å². The first-order valence-corrected chi connectivity index (χ1v) is 7.85. The molecule has 1 atom stereocenters. The molecule has 0 fully saturated rings. The summed E-state index contributed by atoms with van der Waals surface area (Å²) in [4.78, 5) is 20.0. The molecule has 0 saturated carbocycles. The summed E-state index contributed by atoms with van der Waals surface area (Å²) in [5.41, 5.74) is 0.517. The first-order valence-electron chi connectivity index (χ1n) is 7.85. The number of halogens is 3. The second-order valence-corrected chi connectivity index (χ2v) is 5.73. The van der Waals surface area contributed by atoms with Gasteiger partial charge in [0.25, 0.3) is 0 Å². The average Bonchev–Trinajstić information content (AvgIpc) is 2.53. The molecule has 1 amide bonds. The van der Waals surface area contributed by atoms with E-state index in [0.717, 1.165) is 12.3 Å². The van der Waals surface area contributed by atoms with Crippen molar-refractivity contribution in [1.29, 1.82) is 0 Å². The monoisotopic (exact) mass is 329 g/mol. The van der Waals surface area contributed by atoms with Crippen molar-refractivity contribution < 1.29 is 18.0 Å². The fourth-order valence-electron chi connectivity index (χ4n) is 2.89. The third kappa shape index (κ3) is 3.83. The van der Waals surface area contributed by atoms with Crippen molar-refractivity contribution in [3.8, 4) is 0 Å². The summed E-state index contributed by atoms with van der Waals surface area (Å²) in [5, 5.41) is 0. The molecule has 2 heterocycles. The first kappa shape index (κ1) is 17.7. The quantitative estimate of drug-likeness (QED) is 0.852. The van der Waals surface area contributed by atoms with Crippen LogP contribution in [0.2, 0.25) is 0 Å². The third-order valence-electron chi connectivity index (χ3n) is 4.38. The Bertz CT molecular complexity index is 570. The van der Waals surface area contributed by atoms with Crippen LogP contribution >= 0.6 is 0 Å². The highest BCUT2D eigenvalue weighted by atomic mass is 19.4. The lowest BCUT2D eigenvalue weighted by Crippen LogP contribution is -2.48. The smallest absolute Gasteiger partial charge is 0.342 e. The van der Waals surface area contributed by atoms with Crippen LogP contribution in [0, 0.1) is 0 Å². The number of nitrogens with zero attached hydrogens (tertiary/aromatic N) is 3. The number of hydrogen-bond acceptors (Lipinski definition) is 3. The number of alkyl halides is 3. The van der Waals surface area contributed by atoms with Crippen LogP contribution in [-0.4, -0.2) is 46.4 Å². The fourth-order valence-corrected chi connectivity index (χ4v) is 2.89. The Hall–Kier alpha value is -1.63. The Kier molecular flexibility index (Phi) is 5.29. The molecule has 0 spiro atoms. The number of pyridine rings is 1. The van der Waals surface area contributed by atoms with Crippen LogP contribution in [0.5, 0.6) is 0 Å². The average molecular weight is 329 g/mol. The van der Waals surface area contributed by atoms with Crippen molar-refractivity contribution in [2.45, 2.75) is 46.0 Å². The lowest BCUT2D eigenvalue weighted by Gasteiger charge is -2.35. The fraction of sp³-hybridized carbons (Fsp3) is 0.625. The summed E-state index contributed by atoms with van der Waals surface area (Å²) in [6.07, 6.45) is -2.95. The predicted molar refractivity (Wildman–Crippen MR) is 80.7 cm³/mol. The minimum atomic E-state index is -4.40. The van der Waals surface area contributed by atoms with E-state index in [9.17, 15) is 18.0 Å². The van der Waals surface area contributed by atoms with Gasteiger partial charge in [0.1, 0.15) is 0 Å². The maximum absolute atomic E-state index is 12.8. The van der Waals surface area contributed by atoms with Crippen LogP contribution in [-0.2, 0) is 23.9 Å². The van der Waals surface area contributed by atoms with Gasteiger partial charge in [0.15, 0.2) is 0 Å². The topological polar surface area (TPSA) is 36.4 Å². The van der Waals surface area contributed by atoms with Gasteiger partial charge in [-0.15, -0.1) is 0 Å². The van der Waals surface area contributed by atoms with E-state index in [1.54, 1.807) is 4.90 Å². The summed E-state index contributed by atoms with van der Waals surface area (Å²) in [5.74, 6) is 0.0124. The molecule has 0 aromatic carbocycles. The molecule has 128 valence electrons. The van der Waals surface area contributed by atoms with Crippen LogP contribution in [0.1, 0.15) is 37.6 Å². The van der Waals surface area contributed by atoms with Crippen LogP contribution in [0.15, 0.2) is 12.3 Å². The van der Waals surface area contributed by atoms with Crippen molar-refractivity contribution in [3.05, 3.63) is 29.1 Å². The highest BCUT2D eigenvalue weighted by Crippen LogP contribution is 2.31. The van der Waals surface area contributed by atoms with Crippen LogP contribution in [0.25, 0.3) is 0 Å². The van der Waals surface area contributed by atoms with Crippen molar-refractivity contribution >= 4 is 5.91 Å². The Morgan fingerprint density at radius 1 is 1.39 bits per heavy atom.